The minimum absolute atomic E-state index is 0.109. The molecule has 0 bridgehead atoms. The molecule has 188 valence electrons. The van der Waals surface area contributed by atoms with Crippen LogP contribution < -0.4 is 0 Å². The van der Waals surface area contributed by atoms with E-state index in [-0.39, 0.29) is 64.6 Å². The Bertz CT molecular complexity index is 763. The van der Waals surface area contributed by atoms with Gasteiger partial charge in [-0.05, 0) is 72.5 Å². The van der Waals surface area contributed by atoms with E-state index in [1.54, 1.807) is 0 Å². The fourth-order valence-corrected chi connectivity index (χ4v) is 8.80. The number of carbonyl (C=O) groups is 1. The summed E-state index contributed by atoms with van der Waals surface area (Å²) in [6, 6.07) is 0. The number of Topliss-reactive ketones (excluding diaryl/α,β-unsaturated/α-hetero) is 1. The normalized spacial score (nSPS) is 49.6. The van der Waals surface area contributed by atoms with Crippen molar-refractivity contribution in [1.82, 2.24) is 0 Å². The fraction of sp³-hybridized carbons (Fsp3) is 0.893. The summed E-state index contributed by atoms with van der Waals surface area (Å²) in [5.74, 6) is 0.844. The Labute approximate surface area is 199 Å². The molecule has 0 aromatic carbocycles. The highest BCUT2D eigenvalue weighted by Gasteiger charge is 2.67. The van der Waals surface area contributed by atoms with Gasteiger partial charge < -0.3 is 20.4 Å². The van der Waals surface area contributed by atoms with Crippen molar-refractivity contribution < 1.29 is 25.2 Å². The van der Waals surface area contributed by atoms with Crippen LogP contribution in [0.1, 0.15) is 73.1 Å². The van der Waals surface area contributed by atoms with Gasteiger partial charge in [-0.25, -0.2) is 0 Å². The average Bonchev–Trinajstić information content (AvgIpc) is 3.04. The number of aliphatic hydroxyl groups excluding tert-OH is 4. The van der Waals surface area contributed by atoms with Crippen LogP contribution in [0.2, 0.25) is 0 Å². The minimum atomic E-state index is -0.906. The van der Waals surface area contributed by atoms with E-state index in [1.165, 1.54) is 0 Å². The molecule has 4 N–H and O–H groups in total. The van der Waals surface area contributed by atoms with Crippen LogP contribution in [0.4, 0.5) is 0 Å². The number of aliphatic hydroxyl groups is 4. The van der Waals surface area contributed by atoms with Crippen LogP contribution in [0.25, 0.3) is 0 Å². The first-order valence-electron chi connectivity index (χ1n) is 13.3. The maximum atomic E-state index is 13.6. The number of hydrogen-bond donors (Lipinski definition) is 4. The van der Waals surface area contributed by atoms with Gasteiger partial charge >= 0.3 is 0 Å². The van der Waals surface area contributed by atoms with Crippen molar-refractivity contribution in [3.63, 3.8) is 0 Å². The van der Waals surface area contributed by atoms with E-state index in [2.05, 4.69) is 46.8 Å². The molecule has 4 aliphatic rings. The number of rotatable bonds is 5. The highest BCUT2D eigenvalue weighted by molar-refractivity contribution is 5.85. The standard InChI is InChI=1S/C28H46O5/c1-15(2)17(14-29)7-6-16(3)20-13-22(31)24-23-19(9-11-28(20,24)5)27(4)10-8-18(30)12-21(27)25(32)26(23)33/h6-7,15-21,23-26,29-30,32-33H,8-14H2,1-5H3/b7-6+/t16-,17-,18+,19+,20-,21-,23-,24-,25-,26-,27-,28-/m1/s1. The summed E-state index contributed by atoms with van der Waals surface area (Å²) >= 11 is 0. The first-order valence-corrected chi connectivity index (χ1v) is 13.3. The maximum Gasteiger partial charge on any atom is 0.137 e. The third kappa shape index (κ3) is 3.95. The van der Waals surface area contributed by atoms with Crippen molar-refractivity contribution in [1.29, 1.82) is 0 Å². The molecule has 5 nitrogen and oxygen atoms in total. The molecule has 0 saturated heterocycles. The first-order chi connectivity index (χ1) is 15.5. The molecule has 5 heteroatoms. The summed E-state index contributed by atoms with van der Waals surface area (Å²) in [4.78, 5) is 13.6. The maximum absolute atomic E-state index is 13.6. The van der Waals surface area contributed by atoms with Crippen molar-refractivity contribution in [2.45, 2.75) is 91.5 Å². The van der Waals surface area contributed by atoms with Crippen LogP contribution in [0, 0.1) is 58.2 Å². The van der Waals surface area contributed by atoms with Gasteiger partial charge in [0.1, 0.15) is 5.78 Å². The zero-order chi connectivity index (χ0) is 24.3. The zero-order valence-electron chi connectivity index (χ0n) is 21.2. The van der Waals surface area contributed by atoms with Gasteiger partial charge in [-0.1, -0.05) is 46.8 Å². The highest BCUT2D eigenvalue weighted by atomic mass is 16.3. The lowest BCUT2D eigenvalue weighted by Gasteiger charge is -2.63. The third-order valence-corrected chi connectivity index (χ3v) is 10.9. The van der Waals surface area contributed by atoms with Crippen LogP contribution in [0.5, 0.6) is 0 Å². The summed E-state index contributed by atoms with van der Waals surface area (Å²) in [6.07, 6.45) is 6.72. The van der Waals surface area contributed by atoms with Crippen molar-refractivity contribution >= 4 is 5.78 Å². The predicted molar refractivity (Wildman–Crippen MR) is 128 cm³/mol. The molecule has 0 aromatic rings. The smallest absolute Gasteiger partial charge is 0.137 e. The Balaban J connectivity index is 1.62. The van der Waals surface area contributed by atoms with Crippen molar-refractivity contribution in [2.24, 2.45) is 58.2 Å². The second kappa shape index (κ2) is 9.04. The summed E-state index contributed by atoms with van der Waals surface area (Å²) in [5.41, 5.74) is -0.327. The van der Waals surface area contributed by atoms with E-state index >= 15 is 0 Å². The van der Waals surface area contributed by atoms with Gasteiger partial charge in [0, 0.05) is 30.8 Å². The topological polar surface area (TPSA) is 98.0 Å². The van der Waals surface area contributed by atoms with Crippen LogP contribution in [0.3, 0.4) is 0 Å². The second-order valence-corrected chi connectivity index (χ2v) is 12.8. The Morgan fingerprint density at radius 2 is 1.64 bits per heavy atom. The second-order valence-electron chi connectivity index (χ2n) is 12.8. The number of fused-ring (bicyclic) bond motifs is 5. The van der Waals surface area contributed by atoms with Gasteiger partial charge in [0.25, 0.3) is 0 Å². The fourth-order valence-electron chi connectivity index (χ4n) is 8.80. The van der Waals surface area contributed by atoms with E-state index < -0.39 is 18.3 Å². The molecule has 0 aromatic heterocycles. The van der Waals surface area contributed by atoms with E-state index in [0.29, 0.717) is 18.8 Å². The molecule has 0 amide bonds. The van der Waals surface area contributed by atoms with Gasteiger partial charge in [-0.15, -0.1) is 0 Å². The molecule has 0 aliphatic heterocycles. The molecular weight excluding hydrogens is 416 g/mol. The average molecular weight is 463 g/mol. The number of allylic oxidation sites excluding steroid dienone is 1. The van der Waals surface area contributed by atoms with Gasteiger partial charge in [0.05, 0.1) is 18.3 Å². The molecule has 0 heterocycles. The summed E-state index contributed by atoms with van der Waals surface area (Å²) in [7, 11) is 0. The predicted octanol–water partition coefficient (Wildman–Crippen LogP) is 3.58. The first kappa shape index (κ1) is 25.3. The van der Waals surface area contributed by atoms with Crippen LogP contribution in [-0.2, 0) is 4.79 Å². The zero-order valence-corrected chi connectivity index (χ0v) is 21.2. The molecule has 0 spiro atoms. The van der Waals surface area contributed by atoms with Crippen LogP contribution in [0.15, 0.2) is 12.2 Å². The molecule has 4 aliphatic carbocycles. The van der Waals surface area contributed by atoms with Crippen molar-refractivity contribution in [3.8, 4) is 0 Å². The van der Waals surface area contributed by atoms with E-state index in [4.69, 9.17) is 0 Å². The molecule has 12 atom stereocenters. The Morgan fingerprint density at radius 3 is 2.27 bits per heavy atom. The van der Waals surface area contributed by atoms with Gasteiger partial charge in [-0.3, -0.25) is 4.79 Å². The monoisotopic (exact) mass is 462 g/mol. The lowest BCUT2D eigenvalue weighted by molar-refractivity contribution is -0.221. The summed E-state index contributed by atoms with van der Waals surface area (Å²) < 4.78 is 0. The van der Waals surface area contributed by atoms with Gasteiger partial charge in [0.2, 0.25) is 0 Å². The van der Waals surface area contributed by atoms with Crippen molar-refractivity contribution in [2.75, 3.05) is 6.61 Å². The minimum Gasteiger partial charge on any atom is -0.396 e. The SMILES string of the molecule is CC(C)[C@H](/C=C/[C@@H](C)[C@H]1CC(=O)[C@@H]2[C@@H]3[C@@H](O)[C@H](O)[C@H]4C[C@@H](O)CC[C@]4(C)[C@H]3CC[C@]12C)CO. The highest BCUT2D eigenvalue weighted by Crippen LogP contribution is 2.67. The van der Waals surface area contributed by atoms with E-state index in [0.717, 1.165) is 25.7 Å². The lowest BCUT2D eigenvalue weighted by Crippen LogP contribution is -2.64. The van der Waals surface area contributed by atoms with E-state index in [1.807, 2.05) is 0 Å². The third-order valence-electron chi connectivity index (χ3n) is 10.9. The molecule has 0 unspecified atom stereocenters. The molecule has 4 fully saturated rings. The largest absolute Gasteiger partial charge is 0.396 e. The molecule has 0 radical (unpaired) electrons. The van der Waals surface area contributed by atoms with E-state index in [9.17, 15) is 25.2 Å². The lowest BCUT2D eigenvalue weighted by atomic mass is 9.43. The van der Waals surface area contributed by atoms with Crippen LogP contribution in [-0.4, -0.2) is 51.1 Å². The Kier molecular flexibility index (Phi) is 6.94. The molecule has 33 heavy (non-hydrogen) atoms. The quantitative estimate of drug-likeness (QED) is 0.468. The summed E-state index contributed by atoms with van der Waals surface area (Å²) in [6.45, 7) is 11.0. The number of carbonyl (C=O) groups excluding carboxylic acids is 1. The van der Waals surface area contributed by atoms with Gasteiger partial charge in [0.15, 0.2) is 0 Å². The molecule has 4 saturated carbocycles. The Morgan fingerprint density at radius 1 is 0.970 bits per heavy atom. The van der Waals surface area contributed by atoms with Crippen LogP contribution >= 0.6 is 0 Å². The number of ketones is 1. The molecule has 4 rings (SSSR count). The Hall–Kier alpha value is -0.750. The van der Waals surface area contributed by atoms with Gasteiger partial charge in [-0.2, -0.15) is 0 Å². The number of hydrogen-bond acceptors (Lipinski definition) is 5. The summed E-state index contributed by atoms with van der Waals surface area (Å²) in [5, 5.41) is 42.5. The molecular formula is C28H46O5. The van der Waals surface area contributed by atoms with Crippen molar-refractivity contribution in [3.05, 3.63) is 12.2 Å².